The molecule has 0 rings (SSSR count). The number of alkyl carbamates (subject to hydrolysis) is 1. The maximum Gasteiger partial charge on any atom is 0.407 e. The molecule has 0 saturated heterocycles. The average Bonchev–Trinajstić information content (AvgIpc) is 2.65. The monoisotopic (exact) mass is 432 g/mol. The van der Waals surface area contributed by atoms with Gasteiger partial charge in [0.1, 0.15) is 12.7 Å². The summed E-state index contributed by atoms with van der Waals surface area (Å²) in [6.45, 7) is 2.23. The Labute approximate surface area is 167 Å². The summed E-state index contributed by atoms with van der Waals surface area (Å²) in [4.78, 5) is 22.6. The molecule has 2 atom stereocenters. The van der Waals surface area contributed by atoms with E-state index < -0.39 is 20.0 Å². The molecule has 1 N–H and O–H groups in total. The number of unbranched alkanes of at least 4 members (excludes halogenated alkanes) is 1. The number of amides is 1. The van der Waals surface area contributed by atoms with Gasteiger partial charge in [-0.2, -0.15) is 0 Å². The summed E-state index contributed by atoms with van der Waals surface area (Å²) < 4.78 is 45.5. The molecule has 0 spiro atoms. The molecule has 0 saturated carbocycles. The van der Waals surface area contributed by atoms with Gasteiger partial charge in [0, 0.05) is 27.9 Å². The fraction of sp³-hybridized carbons (Fsp3) is 0.938. The van der Waals surface area contributed by atoms with Gasteiger partial charge in [-0.1, -0.05) is 7.43 Å². The van der Waals surface area contributed by atoms with E-state index in [1.54, 1.807) is 14.2 Å². The second-order valence-electron chi connectivity index (χ2n) is 5.25. The van der Waals surface area contributed by atoms with Gasteiger partial charge in [-0.15, -0.1) is 0 Å². The van der Waals surface area contributed by atoms with Gasteiger partial charge >= 0.3 is 6.09 Å². The van der Waals surface area contributed by atoms with E-state index in [1.165, 1.54) is 0 Å². The lowest BCUT2D eigenvalue weighted by Crippen LogP contribution is -2.33. The highest BCUT2D eigenvalue weighted by molar-refractivity contribution is 7.45. The van der Waals surface area contributed by atoms with Crippen molar-refractivity contribution in [2.24, 2.45) is 0 Å². The standard InChI is InChI=1S/C15H32NO10P.CH4/c1-20-8-10-23-12-14(24-11-9-21-2)13-25-15(17)16-6-4-5-7-26-27(18,19)22-3;/h14H,4-13H2,1-3H3,(H,16,17)(H,18,19);1H4/p-1. The minimum absolute atomic E-state index is 0. The predicted octanol–water partition coefficient (Wildman–Crippen LogP) is 0.955. The summed E-state index contributed by atoms with van der Waals surface area (Å²) in [6, 6.07) is 0. The van der Waals surface area contributed by atoms with Crippen LogP contribution in [-0.4, -0.2) is 86.3 Å². The van der Waals surface area contributed by atoms with E-state index in [4.69, 9.17) is 23.7 Å². The maximum absolute atomic E-state index is 11.7. The van der Waals surface area contributed by atoms with Crippen molar-refractivity contribution >= 4 is 13.9 Å². The lowest BCUT2D eigenvalue weighted by Gasteiger charge is -2.20. The first kappa shape index (κ1) is 29.4. The summed E-state index contributed by atoms with van der Waals surface area (Å²) >= 11 is 0. The molecule has 1 amide bonds. The molecule has 11 nitrogen and oxygen atoms in total. The molecule has 0 fully saturated rings. The smallest absolute Gasteiger partial charge is 0.407 e. The number of carbonyl (C=O) groups excluding carboxylic acids is 1. The Balaban J connectivity index is 0. The Hall–Kier alpha value is -0.780. The van der Waals surface area contributed by atoms with E-state index in [2.05, 4.69) is 14.4 Å². The van der Waals surface area contributed by atoms with Crippen LogP contribution in [0.25, 0.3) is 0 Å². The molecule has 2 unspecified atom stereocenters. The zero-order valence-corrected chi connectivity index (χ0v) is 17.1. The molecule has 0 aliphatic heterocycles. The summed E-state index contributed by atoms with van der Waals surface area (Å²) in [5, 5.41) is 2.56. The fourth-order valence-corrected chi connectivity index (χ4v) is 2.12. The number of methoxy groups -OCH3 is 2. The van der Waals surface area contributed by atoms with Crippen molar-refractivity contribution in [1.29, 1.82) is 0 Å². The highest BCUT2D eigenvalue weighted by Gasteiger charge is 2.13. The Kier molecular flexibility index (Phi) is 20.5. The van der Waals surface area contributed by atoms with Gasteiger partial charge in [-0.25, -0.2) is 4.79 Å². The first-order valence-corrected chi connectivity index (χ1v) is 10.0. The van der Waals surface area contributed by atoms with Gasteiger partial charge in [0.05, 0.1) is 39.6 Å². The van der Waals surface area contributed by atoms with Crippen molar-refractivity contribution in [2.75, 3.05) is 74.1 Å². The van der Waals surface area contributed by atoms with Crippen LogP contribution in [0.3, 0.4) is 0 Å². The van der Waals surface area contributed by atoms with Gasteiger partial charge in [-0.3, -0.25) is 4.57 Å². The van der Waals surface area contributed by atoms with E-state index in [0.29, 0.717) is 45.8 Å². The van der Waals surface area contributed by atoms with Crippen LogP contribution in [0, 0.1) is 0 Å². The van der Waals surface area contributed by atoms with Gasteiger partial charge in [0.25, 0.3) is 7.82 Å². The zero-order valence-electron chi connectivity index (χ0n) is 16.2. The molecule has 0 bridgehead atoms. The van der Waals surface area contributed by atoms with E-state index in [0.717, 1.165) is 7.11 Å². The van der Waals surface area contributed by atoms with Crippen LogP contribution in [0.5, 0.6) is 0 Å². The number of hydrogen-bond acceptors (Lipinski definition) is 10. The second kappa shape index (κ2) is 19.5. The Morgan fingerprint density at radius 3 is 2.32 bits per heavy atom. The average molecular weight is 432 g/mol. The lowest BCUT2D eigenvalue weighted by atomic mass is 10.3. The van der Waals surface area contributed by atoms with E-state index in [-0.39, 0.29) is 27.2 Å². The number of hydrogen-bond donors (Lipinski definition) is 1. The number of phosphoric acid groups is 1. The summed E-state index contributed by atoms with van der Waals surface area (Å²) in [6.07, 6.45) is -0.0606. The van der Waals surface area contributed by atoms with Gasteiger partial charge < -0.3 is 42.9 Å². The van der Waals surface area contributed by atoms with Crippen LogP contribution in [0.2, 0.25) is 0 Å². The van der Waals surface area contributed by atoms with Crippen molar-refractivity contribution in [3.05, 3.63) is 0 Å². The van der Waals surface area contributed by atoms with Crippen molar-refractivity contribution in [2.45, 2.75) is 26.4 Å². The largest absolute Gasteiger partial charge is 0.756 e. The van der Waals surface area contributed by atoms with Gasteiger partial charge in [-0.05, 0) is 12.8 Å². The van der Waals surface area contributed by atoms with Crippen LogP contribution < -0.4 is 10.2 Å². The Morgan fingerprint density at radius 1 is 1.00 bits per heavy atom. The molecule has 0 aliphatic rings. The highest BCUT2D eigenvalue weighted by atomic mass is 31.2. The summed E-state index contributed by atoms with van der Waals surface area (Å²) in [7, 11) is -0.0265. The van der Waals surface area contributed by atoms with Gasteiger partial charge in [0.2, 0.25) is 0 Å². The lowest BCUT2D eigenvalue weighted by molar-refractivity contribution is -0.223. The minimum atomic E-state index is -4.19. The quantitative estimate of drug-likeness (QED) is 0.246. The molecular weight excluding hydrogens is 397 g/mol. The minimum Gasteiger partial charge on any atom is -0.756 e. The molecule has 0 aliphatic carbocycles. The van der Waals surface area contributed by atoms with Crippen LogP contribution in [0.4, 0.5) is 4.79 Å². The van der Waals surface area contributed by atoms with Gasteiger partial charge in [0.15, 0.2) is 0 Å². The third kappa shape index (κ3) is 18.6. The van der Waals surface area contributed by atoms with Crippen LogP contribution in [0.15, 0.2) is 0 Å². The molecule has 0 radical (unpaired) electrons. The van der Waals surface area contributed by atoms with Crippen molar-refractivity contribution < 1.29 is 47.0 Å². The normalized spacial score (nSPS) is 14.0. The van der Waals surface area contributed by atoms with E-state index in [1.807, 2.05) is 0 Å². The summed E-state index contributed by atoms with van der Waals surface area (Å²) in [5.74, 6) is 0. The van der Waals surface area contributed by atoms with E-state index >= 15 is 0 Å². The SMILES string of the molecule is C.COCCOCC(COC(=O)NCCCCOP(=O)([O-])OC)OCCOC. The number of nitrogens with one attached hydrogen (secondary N) is 1. The third-order valence-corrected chi connectivity index (χ3v) is 4.04. The number of ether oxygens (including phenoxy) is 5. The molecule has 0 aromatic rings. The number of rotatable bonds is 18. The number of carbonyl (C=O) groups is 1. The van der Waals surface area contributed by atoms with Crippen LogP contribution >= 0.6 is 7.82 Å². The first-order valence-electron chi connectivity index (χ1n) is 8.54. The first-order chi connectivity index (χ1) is 12.9. The number of phosphoric ester groups is 1. The molecule has 170 valence electrons. The fourth-order valence-electron chi connectivity index (χ4n) is 1.67. The highest BCUT2D eigenvalue weighted by Crippen LogP contribution is 2.36. The Morgan fingerprint density at radius 2 is 1.68 bits per heavy atom. The van der Waals surface area contributed by atoms with Crippen molar-refractivity contribution in [3.8, 4) is 0 Å². The maximum atomic E-state index is 11.7. The third-order valence-electron chi connectivity index (χ3n) is 3.09. The summed E-state index contributed by atoms with van der Waals surface area (Å²) in [5.41, 5.74) is 0. The molecular formula is C16H35NO10P-. The van der Waals surface area contributed by atoms with Crippen molar-refractivity contribution in [3.63, 3.8) is 0 Å². The predicted molar refractivity (Wildman–Crippen MR) is 100 cm³/mol. The van der Waals surface area contributed by atoms with E-state index in [9.17, 15) is 14.3 Å². The van der Waals surface area contributed by atoms with Crippen LogP contribution in [0.1, 0.15) is 20.3 Å². The van der Waals surface area contributed by atoms with Crippen LogP contribution in [-0.2, 0) is 37.3 Å². The Bertz CT molecular complexity index is 413. The molecule has 12 heteroatoms. The molecule has 0 aromatic heterocycles. The molecule has 0 heterocycles. The molecule has 0 aromatic carbocycles. The van der Waals surface area contributed by atoms with Crippen molar-refractivity contribution in [1.82, 2.24) is 5.32 Å². The zero-order chi connectivity index (χ0) is 20.4. The molecule has 28 heavy (non-hydrogen) atoms. The topological polar surface area (TPSA) is 134 Å². The second-order valence-corrected chi connectivity index (χ2v) is 6.77.